The van der Waals surface area contributed by atoms with Crippen LogP contribution in [0.5, 0.6) is 5.75 Å². The van der Waals surface area contributed by atoms with Crippen LogP contribution in [0.25, 0.3) is 0 Å². The van der Waals surface area contributed by atoms with Crippen LogP contribution in [0.3, 0.4) is 0 Å². The Hall–Kier alpha value is -3.12. The zero-order chi connectivity index (χ0) is 19.1. The number of nitrogens with one attached hydrogen (secondary N) is 1. The van der Waals surface area contributed by atoms with Gasteiger partial charge < -0.3 is 15.2 Å². The highest BCUT2D eigenvalue weighted by atomic mass is 32.1. The number of ether oxygens (including phenoxy) is 1. The van der Waals surface area contributed by atoms with Crippen molar-refractivity contribution in [3.63, 3.8) is 0 Å². The fourth-order valence-corrected chi connectivity index (χ4v) is 3.48. The molecule has 0 spiro atoms. The predicted octanol–water partition coefficient (Wildman–Crippen LogP) is 4.99. The first kappa shape index (κ1) is 18.7. The molecule has 0 aliphatic rings. The van der Waals surface area contributed by atoms with Gasteiger partial charge in [-0.05, 0) is 24.6 Å². The zero-order valence-corrected chi connectivity index (χ0v) is 15.7. The van der Waals surface area contributed by atoms with Crippen LogP contribution in [0, 0.1) is 0 Å². The number of aliphatic imine (C=N–C) groups is 1. The molecule has 2 aromatic carbocycles. The van der Waals surface area contributed by atoms with Crippen LogP contribution in [0.15, 0.2) is 65.7 Å². The SMILES string of the molecule is CCOC(=O)c1c(Nc2ccccc2)sc(C=NCc2ccccc2)c1O. The van der Waals surface area contributed by atoms with Gasteiger partial charge in [-0.2, -0.15) is 0 Å². The molecular formula is C21H20N2O3S. The van der Waals surface area contributed by atoms with Crippen molar-refractivity contribution in [2.45, 2.75) is 13.5 Å². The molecule has 0 radical (unpaired) electrons. The van der Waals surface area contributed by atoms with Gasteiger partial charge in [0.05, 0.1) is 18.0 Å². The number of hydrogen-bond donors (Lipinski definition) is 2. The van der Waals surface area contributed by atoms with Gasteiger partial charge in [0, 0.05) is 11.9 Å². The molecule has 138 valence electrons. The zero-order valence-electron chi connectivity index (χ0n) is 14.9. The van der Waals surface area contributed by atoms with Gasteiger partial charge in [0.1, 0.15) is 10.6 Å². The second-order valence-electron chi connectivity index (χ2n) is 5.69. The summed E-state index contributed by atoms with van der Waals surface area (Å²) in [6.45, 7) is 2.46. The Labute approximate surface area is 162 Å². The molecule has 3 aromatic rings. The molecule has 0 aliphatic carbocycles. The summed E-state index contributed by atoms with van der Waals surface area (Å²) in [5, 5.41) is 14.3. The minimum atomic E-state index is -0.563. The van der Waals surface area contributed by atoms with E-state index < -0.39 is 5.97 Å². The predicted molar refractivity (Wildman–Crippen MR) is 109 cm³/mol. The first-order valence-electron chi connectivity index (χ1n) is 8.57. The molecule has 5 nitrogen and oxygen atoms in total. The fraction of sp³-hybridized carbons (Fsp3) is 0.143. The van der Waals surface area contributed by atoms with E-state index >= 15 is 0 Å². The molecule has 0 amide bonds. The van der Waals surface area contributed by atoms with Gasteiger partial charge in [0.2, 0.25) is 0 Å². The maximum Gasteiger partial charge on any atom is 0.344 e. The number of esters is 1. The van der Waals surface area contributed by atoms with Crippen molar-refractivity contribution >= 4 is 34.2 Å². The number of rotatable bonds is 7. The van der Waals surface area contributed by atoms with Crippen LogP contribution < -0.4 is 5.32 Å². The summed E-state index contributed by atoms with van der Waals surface area (Å²) in [6, 6.07) is 19.3. The van der Waals surface area contributed by atoms with Crippen molar-refractivity contribution in [1.82, 2.24) is 0 Å². The molecule has 0 saturated heterocycles. The van der Waals surface area contributed by atoms with Crippen LogP contribution in [0.1, 0.15) is 27.7 Å². The lowest BCUT2D eigenvalue weighted by Crippen LogP contribution is -2.06. The lowest BCUT2D eigenvalue weighted by molar-refractivity contribution is 0.0525. The summed E-state index contributed by atoms with van der Waals surface area (Å²) in [4.78, 5) is 17.2. The minimum Gasteiger partial charge on any atom is -0.505 e. The van der Waals surface area contributed by atoms with Crippen LogP contribution in [-0.2, 0) is 11.3 Å². The summed E-state index contributed by atoms with van der Waals surface area (Å²) in [6.07, 6.45) is 1.59. The van der Waals surface area contributed by atoms with Crippen LogP contribution in [-0.4, -0.2) is 23.9 Å². The van der Waals surface area contributed by atoms with Gasteiger partial charge in [0.25, 0.3) is 0 Å². The number of anilines is 2. The quantitative estimate of drug-likeness (QED) is 0.447. The minimum absolute atomic E-state index is 0.117. The first-order chi connectivity index (χ1) is 13.2. The van der Waals surface area contributed by atoms with Crippen LogP contribution in [0.2, 0.25) is 0 Å². The number of thiophene rings is 1. The van der Waals surface area contributed by atoms with Gasteiger partial charge in [-0.1, -0.05) is 48.5 Å². The Morgan fingerprint density at radius 3 is 2.48 bits per heavy atom. The van der Waals surface area contributed by atoms with Crippen molar-refractivity contribution in [3.8, 4) is 5.75 Å². The molecule has 0 bridgehead atoms. The number of benzene rings is 2. The molecule has 27 heavy (non-hydrogen) atoms. The maximum absolute atomic E-state index is 12.3. The molecule has 6 heteroatoms. The second kappa shape index (κ2) is 9.00. The molecule has 0 fully saturated rings. The lowest BCUT2D eigenvalue weighted by Gasteiger charge is -2.07. The van der Waals surface area contributed by atoms with Gasteiger partial charge in [-0.25, -0.2) is 4.79 Å². The molecule has 0 saturated carbocycles. The molecule has 2 N–H and O–H groups in total. The maximum atomic E-state index is 12.3. The van der Waals surface area contributed by atoms with Crippen molar-refractivity contribution in [1.29, 1.82) is 0 Å². The monoisotopic (exact) mass is 380 g/mol. The highest BCUT2D eigenvalue weighted by molar-refractivity contribution is 7.18. The Morgan fingerprint density at radius 2 is 1.81 bits per heavy atom. The summed E-state index contributed by atoms with van der Waals surface area (Å²) >= 11 is 1.26. The molecule has 1 aromatic heterocycles. The third-order valence-electron chi connectivity index (χ3n) is 3.75. The Morgan fingerprint density at radius 1 is 1.15 bits per heavy atom. The average molecular weight is 380 g/mol. The Bertz CT molecular complexity index is 921. The normalized spacial score (nSPS) is 10.9. The second-order valence-corrected chi connectivity index (χ2v) is 6.74. The van der Waals surface area contributed by atoms with Gasteiger partial charge >= 0.3 is 5.97 Å². The van der Waals surface area contributed by atoms with Gasteiger partial charge in [0.15, 0.2) is 5.75 Å². The molecule has 0 aliphatic heterocycles. The van der Waals surface area contributed by atoms with Crippen molar-refractivity contribution in [2.24, 2.45) is 4.99 Å². The van der Waals surface area contributed by atoms with E-state index in [0.29, 0.717) is 16.4 Å². The van der Waals surface area contributed by atoms with Gasteiger partial charge in [-0.3, -0.25) is 4.99 Å². The standard InChI is InChI=1S/C21H20N2O3S/c1-2-26-21(25)18-19(24)17(14-22-13-15-9-5-3-6-10-15)27-20(18)23-16-11-7-4-8-12-16/h3-12,14,23-24H,2,13H2,1H3. The number of aromatic hydroxyl groups is 1. The highest BCUT2D eigenvalue weighted by Gasteiger charge is 2.24. The Balaban J connectivity index is 1.87. The number of para-hydroxylation sites is 1. The number of carbonyl (C=O) groups is 1. The molecule has 3 rings (SSSR count). The summed E-state index contributed by atoms with van der Waals surface area (Å²) in [5.41, 5.74) is 2.02. The van der Waals surface area contributed by atoms with Crippen molar-refractivity contribution in [2.75, 3.05) is 11.9 Å². The number of hydrogen-bond acceptors (Lipinski definition) is 6. The number of nitrogens with zero attached hydrogens (tertiary/aromatic N) is 1. The largest absolute Gasteiger partial charge is 0.505 e. The number of carbonyl (C=O) groups excluding carboxylic acids is 1. The van der Waals surface area contributed by atoms with Crippen LogP contribution >= 0.6 is 11.3 Å². The fourth-order valence-electron chi connectivity index (χ4n) is 2.48. The lowest BCUT2D eigenvalue weighted by atomic mass is 10.2. The average Bonchev–Trinajstić information content (AvgIpc) is 2.99. The van der Waals surface area contributed by atoms with E-state index in [4.69, 9.17) is 4.74 Å². The summed E-state index contributed by atoms with van der Waals surface area (Å²) in [7, 11) is 0. The van der Waals surface area contributed by atoms with E-state index in [1.807, 2.05) is 60.7 Å². The van der Waals surface area contributed by atoms with E-state index in [2.05, 4.69) is 10.3 Å². The van der Waals surface area contributed by atoms with Crippen LogP contribution in [0.4, 0.5) is 10.7 Å². The molecule has 1 heterocycles. The van der Waals surface area contributed by atoms with E-state index in [-0.39, 0.29) is 17.9 Å². The third kappa shape index (κ3) is 4.74. The van der Waals surface area contributed by atoms with E-state index in [1.54, 1.807) is 13.1 Å². The third-order valence-corrected chi connectivity index (χ3v) is 4.77. The Kier molecular flexibility index (Phi) is 6.22. The van der Waals surface area contributed by atoms with Crippen molar-refractivity contribution < 1.29 is 14.6 Å². The highest BCUT2D eigenvalue weighted by Crippen LogP contribution is 2.39. The molecular weight excluding hydrogens is 360 g/mol. The first-order valence-corrected chi connectivity index (χ1v) is 9.39. The van der Waals surface area contributed by atoms with E-state index in [9.17, 15) is 9.90 Å². The van der Waals surface area contributed by atoms with E-state index in [1.165, 1.54) is 11.3 Å². The molecule has 0 unspecified atom stereocenters. The van der Waals surface area contributed by atoms with Crippen molar-refractivity contribution in [3.05, 3.63) is 76.7 Å². The molecule has 0 atom stereocenters. The summed E-state index contributed by atoms with van der Waals surface area (Å²) in [5.74, 6) is -0.680. The topological polar surface area (TPSA) is 70.9 Å². The van der Waals surface area contributed by atoms with Gasteiger partial charge in [-0.15, -0.1) is 11.3 Å². The smallest absolute Gasteiger partial charge is 0.344 e. The summed E-state index contributed by atoms with van der Waals surface area (Å²) < 4.78 is 5.10. The van der Waals surface area contributed by atoms with E-state index in [0.717, 1.165) is 11.3 Å².